The molecule has 2 N–H and O–H groups in total. The van der Waals surface area contributed by atoms with Crippen LogP contribution in [0.15, 0.2) is 63.8 Å². The van der Waals surface area contributed by atoms with Crippen LogP contribution in [-0.2, 0) is 9.59 Å². The standard InChI is InChI=1S/C25H25N3O7/c29-22(14-26-24(30)20-8-4-12-33-20)28(17-9-10-18-21(13-17)35-15-34-18)23(19-7-3-11-32-19)25(31)27-16-5-1-2-6-16/h3-4,7-13,16,23H,1-2,5-6,14-15H2,(H,26,30)(H,27,31). The van der Waals surface area contributed by atoms with Gasteiger partial charge in [-0.3, -0.25) is 19.3 Å². The SMILES string of the molecule is O=C(NCC(=O)N(c1ccc2c(c1)OCO2)C(C(=O)NC1CCCC1)c1ccco1)c1ccco1. The Morgan fingerprint density at radius 3 is 2.49 bits per heavy atom. The van der Waals surface area contributed by atoms with E-state index in [1.807, 2.05) is 0 Å². The molecule has 3 amide bonds. The maximum absolute atomic E-state index is 13.6. The fourth-order valence-corrected chi connectivity index (χ4v) is 4.38. The van der Waals surface area contributed by atoms with Crippen LogP contribution in [0, 0.1) is 0 Å². The predicted molar refractivity (Wildman–Crippen MR) is 123 cm³/mol. The summed E-state index contributed by atoms with van der Waals surface area (Å²) in [7, 11) is 0. The number of anilines is 1. The number of amides is 3. The molecule has 2 aliphatic rings. The number of carbonyl (C=O) groups is 3. The first-order valence-corrected chi connectivity index (χ1v) is 11.5. The van der Waals surface area contributed by atoms with Crippen molar-refractivity contribution in [3.8, 4) is 11.5 Å². The van der Waals surface area contributed by atoms with Crippen LogP contribution in [0.1, 0.15) is 48.0 Å². The third-order valence-electron chi connectivity index (χ3n) is 6.07. The highest BCUT2D eigenvalue weighted by Crippen LogP contribution is 2.38. The number of rotatable bonds is 8. The highest BCUT2D eigenvalue weighted by Gasteiger charge is 2.37. The van der Waals surface area contributed by atoms with Crippen LogP contribution >= 0.6 is 0 Å². The molecule has 5 rings (SSSR count). The van der Waals surface area contributed by atoms with Gasteiger partial charge in [-0.25, -0.2) is 0 Å². The van der Waals surface area contributed by atoms with E-state index in [-0.39, 0.29) is 31.0 Å². The van der Waals surface area contributed by atoms with Crippen LogP contribution < -0.4 is 25.0 Å². The van der Waals surface area contributed by atoms with E-state index in [1.54, 1.807) is 36.4 Å². The monoisotopic (exact) mass is 479 g/mol. The molecule has 1 aliphatic heterocycles. The van der Waals surface area contributed by atoms with E-state index in [0.29, 0.717) is 22.9 Å². The number of furan rings is 2. The summed E-state index contributed by atoms with van der Waals surface area (Å²) >= 11 is 0. The summed E-state index contributed by atoms with van der Waals surface area (Å²) in [6.45, 7) is -0.308. The van der Waals surface area contributed by atoms with Gasteiger partial charge in [0.15, 0.2) is 23.3 Å². The Hall–Kier alpha value is -4.21. The van der Waals surface area contributed by atoms with Gasteiger partial charge < -0.3 is 28.9 Å². The van der Waals surface area contributed by atoms with E-state index >= 15 is 0 Å². The zero-order valence-corrected chi connectivity index (χ0v) is 18.9. The summed E-state index contributed by atoms with van der Waals surface area (Å²) < 4.78 is 21.6. The van der Waals surface area contributed by atoms with Crippen molar-refractivity contribution in [3.63, 3.8) is 0 Å². The summed E-state index contributed by atoms with van der Waals surface area (Å²) in [5.41, 5.74) is 0.398. The highest BCUT2D eigenvalue weighted by molar-refractivity contribution is 6.04. The second kappa shape index (κ2) is 9.96. The first-order valence-electron chi connectivity index (χ1n) is 11.5. The normalized spacial score (nSPS) is 15.5. The maximum atomic E-state index is 13.6. The molecule has 3 heterocycles. The third kappa shape index (κ3) is 4.86. The van der Waals surface area contributed by atoms with Gasteiger partial charge in [-0.05, 0) is 49.2 Å². The van der Waals surface area contributed by atoms with Crippen molar-refractivity contribution in [2.24, 2.45) is 0 Å². The largest absolute Gasteiger partial charge is 0.467 e. The van der Waals surface area contributed by atoms with Crippen LogP contribution in [0.2, 0.25) is 0 Å². The first-order chi connectivity index (χ1) is 17.1. The molecule has 10 heteroatoms. The van der Waals surface area contributed by atoms with Crippen LogP contribution in [0.5, 0.6) is 11.5 Å². The average Bonchev–Trinajstić information content (AvgIpc) is 3.68. The zero-order valence-electron chi connectivity index (χ0n) is 18.9. The Morgan fingerprint density at radius 2 is 1.74 bits per heavy atom. The van der Waals surface area contributed by atoms with Crippen LogP contribution in [-0.4, -0.2) is 37.1 Å². The van der Waals surface area contributed by atoms with Crippen LogP contribution in [0.4, 0.5) is 5.69 Å². The Morgan fingerprint density at radius 1 is 0.971 bits per heavy atom. The molecular formula is C25H25N3O7. The highest BCUT2D eigenvalue weighted by atomic mass is 16.7. The summed E-state index contributed by atoms with van der Waals surface area (Å²) in [4.78, 5) is 40.8. The van der Waals surface area contributed by atoms with Gasteiger partial charge in [-0.2, -0.15) is 0 Å². The van der Waals surface area contributed by atoms with Crippen molar-refractivity contribution >= 4 is 23.4 Å². The van der Waals surface area contributed by atoms with E-state index in [4.69, 9.17) is 18.3 Å². The molecule has 1 aliphatic carbocycles. The minimum atomic E-state index is -1.10. The molecule has 0 radical (unpaired) electrons. The zero-order chi connectivity index (χ0) is 24.2. The molecule has 35 heavy (non-hydrogen) atoms. The topological polar surface area (TPSA) is 123 Å². The second-order valence-corrected chi connectivity index (χ2v) is 8.37. The Bertz CT molecular complexity index is 1180. The van der Waals surface area contributed by atoms with Gasteiger partial charge in [-0.1, -0.05) is 12.8 Å². The quantitative estimate of drug-likeness (QED) is 0.509. The molecule has 1 atom stereocenters. The first kappa shape index (κ1) is 22.6. The van der Waals surface area contributed by atoms with E-state index in [2.05, 4.69) is 10.6 Å². The van der Waals surface area contributed by atoms with E-state index in [0.717, 1.165) is 25.7 Å². The van der Waals surface area contributed by atoms with E-state index < -0.39 is 17.9 Å². The fraction of sp³-hybridized carbons (Fsp3) is 0.320. The Kier molecular flexibility index (Phi) is 6.42. The Balaban J connectivity index is 1.46. The smallest absolute Gasteiger partial charge is 0.287 e. The number of ether oxygens (including phenoxy) is 2. The minimum Gasteiger partial charge on any atom is -0.467 e. The second-order valence-electron chi connectivity index (χ2n) is 8.37. The summed E-state index contributed by atoms with van der Waals surface area (Å²) in [6, 6.07) is 10.3. The molecule has 10 nitrogen and oxygen atoms in total. The average molecular weight is 479 g/mol. The third-order valence-corrected chi connectivity index (χ3v) is 6.07. The number of hydrogen-bond acceptors (Lipinski definition) is 7. The van der Waals surface area contributed by atoms with Crippen molar-refractivity contribution < 1.29 is 32.7 Å². The molecule has 1 unspecified atom stereocenters. The van der Waals surface area contributed by atoms with Crippen LogP contribution in [0.3, 0.4) is 0 Å². The van der Waals surface area contributed by atoms with Gasteiger partial charge in [0.25, 0.3) is 11.8 Å². The molecule has 2 aromatic heterocycles. The molecule has 0 spiro atoms. The maximum Gasteiger partial charge on any atom is 0.287 e. The number of carbonyl (C=O) groups excluding carboxylic acids is 3. The van der Waals surface area contributed by atoms with Crippen molar-refractivity contribution in [1.29, 1.82) is 0 Å². The lowest BCUT2D eigenvalue weighted by molar-refractivity contribution is -0.127. The molecule has 3 aromatic rings. The minimum absolute atomic E-state index is 0.0346. The molecular weight excluding hydrogens is 454 g/mol. The van der Waals surface area contributed by atoms with Crippen LogP contribution in [0.25, 0.3) is 0 Å². The summed E-state index contributed by atoms with van der Waals surface area (Å²) in [6.07, 6.45) is 6.67. The van der Waals surface area contributed by atoms with E-state index in [1.165, 1.54) is 23.5 Å². The number of fused-ring (bicyclic) bond motifs is 1. The number of hydrogen-bond donors (Lipinski definition) is 2. The van der Waals surface area contributed by atoms with Gasteiger partial charge in [-0.15, -0.1) is 0 Å². The molecule has 0 bridgehead atoms. The van der Waals surface area contributed by atoms with Crippen molar-refractivity contribution in [2.45, 2.75) is 37.8 Å². The summed E-state index contributed by atoms with van der Waals surface area (Å²) in [5.74, 6) is -0.0645. The van der Waals surface area contributed by atoms with Gasteiger partial charge in [0, 0.05) is 17.8 Å². The predicted octanol–water partition coefficient (Wildman–Crippen LogP) is 3.16. The summed E-state index contributed by atoms with van der Waals surface area (Å²) in [5, 5.41) is 5.62. The van der Waals surface area contributed by atoms with Crippen molar-refractivity contribution in [3.05, 3.63) is 66.5 Å². The fourth-order valence-electron chi connectivity index (χ4n) is 4.38. The van der Waals surface area contributed by atoms with Gasteiger partial charge in [0.2, 0.25) is 12.7 Å². The number of benzene rings is 1. The molecule has 0 saturated heterocycles. The van der Waals surface area contributed by atoms with E-state index in [9.17, 15) is 14.4 Å². The van der Waals surface area contributed by atoms with Gasteiger partial charge in [0.05, 0.1) is 19.1 Å². The van der Waals surface area contributed by atoms with Crippen molar-refractivity contribution in [2.75, 3.05) is 18.2 Å². The number of nitrogens with zero attached hydrogens (tertiary/aromatic N) is 1. The van der Waals surface area contributed by atoms with Gasteiger partial charge in [0.1, 0.15) is 5.76 Å². The van der Waals surface area contributed by atoms with Crippen molar-refractivity contribution in [1.82, 2.24) is 10.6 Å². The lowest BCUT2D eigenvalue weighted by Gasteiger charge is -2.31. The molecule has 1 saturated carbocycles. The lowest BCUT2D eigenvalue weighted by atomic mass is 10.1. The number of nitrogens with one attached hydrogen (secondary N) is 2. The molecule has 182 valence electrons. The van der Waals surface area contributed by atoms with Gasteiger partial charge >= 0.3 is 0 Å². The lowest BCUT2D eigenvalue weighted by Crippen LogP contribution is -2.49. The Labute approximate surface area is 201 Å². The molecule has 1 fully saturated rings. The molecule has 1 aromatic carbocycles.